The highest BCUT2D eigenvalue weighted by Gasteiger charge is 2.84. The summed E-state index contributed by atoms with van der Waals surface area (Å²) in [6.45, 7) is 12.9. The predicted molar refractivity (Wildman–Crippen MR) is 146 cm³/mol. The molecular formula is C34H40O7. The molecule has 1 saturated heterocycles. The first-order valence-corrected chi connectivity index (χ1v) is 15.6. The van der Waals surface area contributed by atoms with E-state index in [1.54, 1.807) is 6.92 Å². The van der Waals surface area contributed by atoms with E-state index in [1.165, 1.54) is 18.3 Å². The summed E-state index contributed by atoms with van der Waals surface area (Å²) < 4.78 is 25.1. The number of ether oxygens (including phenoxy) is 4. The fourth-order valence-corrected chi connectivity index (χ4v) is 12.4. The van der Waals surface area contributed by atoms with Crippen molar-refractivity contribution < 1.29 is 33.3 Å². The highest BCUT2D eigenvalue weighted by molar-refractivity contribution is 6.07. The minimum Gasteiger partial charge on any atom is -0.466 e. The average molecular weight is 561 g/mol. The maximum absolute atomic E-state index is 14.3. The van der Waals surface area contributed by atoms with Gasteiger partial charge in [-0.3, -0.25) is 4.79 Å². The Bertz CT molecular complexity index is 1510. The molecule has 41 heavy (non-hydrogen) atoms. The van der Waals surface area contributed by atoms with Crippen LogP contribution in [0.15, 0.2) is 33.4 Å². The molecule has 0 unspecified atom stereocenters. The number of methoxy groups -OCH3 is 1. The third-order valence-corrected chi connectivity index (χ3v) is 14.0. The van der Waals surface area contributed by atoms with Crippen molar-refractivity contribution in [3.63, 3.8) is 0 Å². The van der Waals surface area contributed by atoms with Gasteiger partial charge in [-0.15, -0.1) is 0 Å². The van der Waals surface area contributed by atoms with Crippen LogP contribution in [0, 0.1) is 52.3 Å². The molecule has 0 aromatic carbocycles. The van der Waals surface area contributed by atoms with Crippen molar-refractivity contribution in [3.8, 4) is 0 Å². The zero-order valence-electron chi connectivity index (χ0n) is 25.1. The van der Waals surface area contributed by atoms with Crippen LogP contribution in [0.2, 0.25) is 0 Å². The van der Waals surface area contributed by atoms with Gasteiger partial charge in [0.1, 0.15) is 11.2 Å². The van der Waals surface area contributed by atoms with Crippen molar-refractivity contribution in [2.45, 2.75) is 90.6 Å². The number of hydrogen-bond acceptors (Lipinski definition) is 7. The molecule has 0 aromatic rings. The third-order valence-electron chi connectivity index (χ3n) is 14.0. The number of allylic oxidation sites excluding steroid dienone is 1. The molecular weight excluding hydrogens is 520 g/mol. The first-order valence-electron chi connectivity index (χ1n) is 15.6. The minimum absolute atomic E-state index is 0.00512. The van der Waals surface area contributed by atoms with Crippen molar-refractivity contribution >= 4 is 17.7 Å². The van der Waals surface area contributed by atoms with Crippen LogP contribution >= 0.6 is 0 Å². The molecule has 11 atom stereocenters. The van der Waals surface area contributed by atoms with Crippen LogP contribution in [0.25, 0.3) is 0 Å². The molecule has 2 aliphatic heterocycles. The van der Waals surface area contributed by atoms with E-state index in [9.17, 15) is 14.4 Å². The summed E-state index contributed by atoms with van der Waals surface area (Å²) in [4.78, 5) is 41.1. The van der Waals surface area contributed by atoms with Crippen LogP contribution in [-0.2, 0) is 33.3 Å². The molecule has 2 heterocycles. The molecule has 0 N–H and O–H groups in total. The summed E-state index contributed by atoms with van der Waals surface area (Å²) >= 11 is 0. The largest absolute Gasteiger partial charge is 0.466 e. The van der Waals surface area contributed by atoms with Gasteiger partial charge in [-0.05, 0) is 88.0 Å². The smallest absolute Gasteiger partial charge is 0.334 e. The van der Waals surface area contributed by atoms with Crippen LogP contribution in [0.5, 0.6) is 0 Å². The second-order valence-electron chi connectivity index (χ2n) is 15.7. The number of esters is 2. The molecule has 0 aromatic heterocycles. The van der Waals surface area contributed by atoms with E-state index in [0.717, 1.165) is 24.8 Å². The normalized spacial score (nSPS) is 53.8. The van der Waals surface area contributed by atoms with Crippen molar-refractivity contribution in [1.82, 2.24) is 0 Å². The van der Waals surface area contributed by atoms with Crippen molar-refractivity contribution in [1.29, 1.82) is 0 Å². The molecule has 0 bridgehead atoms. The summed E-state index contributed by atoms with van der Waals surface area (Å²) in [6.07, 6.45) is 4.22. The van der Waals surface area contributed by atoms with E-state index in [1.807, 2.05) is 20.8 Å². The Balaban J connectivity index is 1.32. The van der Waals surface area contributed by atoms with Gasteiger partial charge in [0.15, 0.2) is 11.6 Å². The van der Waals surface area contributed by atoms with E-state index in [2.05, 4.69) is 13.8 Å². The quantitative estimate of drug-likeness (QED) is 0.257. The fraction of sp³-hybridized carbons (Fsp3) is 0.735. The summed E-state index contributed by atoms with van der Waals surface area (Å²) in [5.74, 6) is 0.200. The number of rotatable bonds is 1. The Morgan fingerprint density at radius 2 is 1.76 bits per heavy atom. The van der Waals surface area contributed by atoms with E-state index in [4.69, 9.17) is 18.9 Å². The number of carbonyl (C=O) groups excluding carboxylic acids is 3. The monoisotopic (exact) mass is 560 g/mol. The Hall–Kier alpha value is -2.25. The lowest BCUT2D eigenvalue weighted by atomic mass is 9.42. The zero-order valence-corrected chi connectivity index (χ0v) is 25.1. The van der Waals surface area contributed by atoms with Gasteiger partial charge in [0.2, 0.25) is 0 Å². The number of carbonyl (C=O) groups is 3. The van der Waals surface area contributed by atoms with Crippen molar-refractivity contribution in [2.24, 2.45) is 52.3 Å². The molecule has 7 aliphatic carbocycles. The van der Waals surface area contributed by atoms with Gasteiger partial charge in [0, 0.05) is 40.4 Å². The SMILES string of the molecule is COC(=O)/C(C)=C1\C(=O)C[C@]2(C)C3=C(C[C@@H]4[C@]5(OC(=O)C(C)=C5C[C@H]5[C@@]6(COC(C)(C)O6)[C@H]6C[C@H]6[C@]45C)[C@H]31)[C@H]1C[C@H]12. The average Bonchev–Trinajstić information content (AvgIpc) is 3.81. The van der Waals surface area contributed by atoms with Crippen LogP contribution in [0.4, 0.5) is 0 Å². The standard InChI is InChI=1S/C34H40O7/c1-14-18-11-23-32(6,20-10-21(20)33(23)13-39-30(3,4)41-33)24-9-17-16-8-19(16)31(5)12-22(35)25(15(2)28(36)38-7)27(26(17)31)34(18,24)40-29(14)37/h16,19-21,23-24,27H,8-13H2,1-7H3/b25-15+/t16-,19-,20-,21+,23-,24+,27+,31+,32+,33-,34+/m1/s1. The van der Waals surface area contributed by atoms with Crippen LogP contribution in [0.1, 0.15) is 73.6 Å². The molecule has 5 saturated carbocycles. The van der Waals surface area contributed by atoms with Crippen molar-refractivity contribution in [3.05, 3.63) is 33.4 Å². The van der Waals surface area contributed by atoms with Gasteiger partial charge < -0.3 is 18.9 Å². The van der Waals surface area contributed by atoms with Gasteiger partial charge in [-0.2, -0.15) is 0 Å². The van der Waals surface area contributed by atoms with E-state index >= 15 is 0 Å². The van der Waals surface area contributed by atoms with Crippen molar-refractivity contribution in [2.75, 3.05) is 13.7 Å². The lowest BCUT2D eigenvalue weighted by molar-refractivity contribution is -0.203. The molecule has 218 valence electrons. The maximum atomic E-state index is 14.3. The topological polar surface area (TPSA) is 88.1 Å². The van der Waals surface area contributed by atoms with Gasteiger partial charge in [0.05, 0.1) is 19.6 Å². The minimum atomic E-state index is -0.961. The molecule has 9 rings (SSSR count). The van der Waals surface area contributed by atoms with E-state index in [0.29, 0.717) is 59.8 Å². The third kappa shape index (κ3) is 2.51. The van der Waals surface area contributed by atoms with Crippen LogP contribution in [0.3, 0.4) is 0 Å². The highest BCUT2D eigenvalue weighted by Crippen LogP contribution is 2.84. The van der Waals surface area contributed by atoms with Gasteiger partial charge in [-0.1, -0.05) is 25.0 Å². The molecule has 2 spiro atoms. The lowest BCUT2D eigenvalue weighted by Gasteiger charge is -2.63. The molecule has 7 heteroatoms. The number of hydrogen-bond donors (Lipinski definition) is 0. The Kier molecular flexibility index (Phi) is 4.27. The molecule has 0 amide bonds. The number of Topliss-reactive ketones (excluding diaryl/α,β-unsaturated/α-hetero) is 1. The molecule has 9 aliphatic rings. The van der Waals surface area contributed by atoms with Gasteiger partial charge in [-0.25, -0.2) is 9.59 Å². The zero-order chi connectivity index (χ0) is 28.8. The molecule has 7 nitrogen and oxygen atoms in total. The first-order chi connectivity index (χ1) is 19.3. The lowest BCUT2D eigenvalue weighted by Crippen LogP contribution is -2.65. The van der Waals surface area contributed by atoms with Crippen LogP contribution in [-0.4, -0.2) is 48.4 Å². The van der Waals surface area contributed by atoms with Gasteiger partial charge in [0.25, 0.3) is 0 Å². The molecule has 0 radical (unpaired) electrons. The Labute approximate surface area is 241 Å². The van der Waals surface area contributed by atoms with Gasteiger partial charge >= 0.3 is 11.9 Å². The summed E-state index contributed by atoms with van der Waals surface area (Å²) in [6, 6.07) is 0. The Morgan fingerprint density at radius 3 is 2.44 bits per heavy atom. The first kappa shape index (κ1) is 25.3. The summed E-state index contributed by atoms with van der Waals surface area (Å²) in [5, 5.41) is 0. The van der Waals surface area contributed by atoms with E-state index < -0.39 is 23.3 Å². The maximum Gasteiger partial charge on any atom is 0.334 e. The second kappa shape index (κ2) is 6.93. The summed E-state index contributed by atoms with van der Waals surface area (Å²) in [5.41, 5.74) is 3.64. The predicted octanol–water partition coefficient (Wildman–Crippen LogP) is 4.85. The van der Waals surface area contributed by atoms with E-state index in [-0.39, 0.29) is 40.0 Å². The summed E-state index contributed by atoms with van der Waals surface area (Å²) in [7, 11) is 1.37. The molecule has 6 fully saturated rings. The van der Waals surface area contributed by atoms with Crippen LogP contribution < -0.4 is 0 Å². The number of fused-ring (bicyclic) bond motifs is 9. The second-order valence-corrected chi connectivity index (χ2v) is 15.7. The number of ketones is 1. The fourth-order valence-electron chi connectivity index (χ4n) is 12.4. The highest BCUT2D eigenvalue weighted by atomic mass is 16.8. The Morgan fingerprint density at radius 1 is 1.00 bits per heavy atom.